The molecular formula is C15H16N4O2. The number of phenols is 1. The number of anilines is 1. The highest BCUT2D eigenvalue weighted by Gasteiger charge is 2.22. The van der Waals surface area contributed by atoms with Gasteiger partial charge in [-0.25, -0.2) is 4.68 Å². The average molecular weight is 284 g/mol. The number of nitrogens with two attached hydrogens (primary N) is 1. The van der Waals surface area contributed by atoms with Gasteiger partial charge in [-0.3, -0.25) is 0 Å². The molecule has 0 unspecified atom stereocenters. The molecule has 6 nitrogen and oxygen atoms in total. The summed E-state index contributed by atoms with van der Waals surface area (Å²) >= 11 is 0. The van der Waals surface area contributed by atoms with E-state index in [4.69, 9.17) is 10.3 Å². The van der Waals surface area contributed by atoms with Gasteiger partial charge in [0.15, 0.2) is 0 Å². The van der Waals surface area contributed by atoms with E-state index < -0.39 is 0 Å². The van der Waals surface area contributed by atoms with E-state index in [-0.39, 0.29) is 5.75 Å². The molecule has 3 rings (SSSR count). The normalized spacial score (nSPS) is 11.0. The molecule has 0 aliphatic heterocycles. The van der Waals surface area contributed by atoms with Crippen molar-refractivity contribution < 1.29 is 9.63 Å². The molecule has 0 fully saturated rings. The lowest BCUT2D eigenvalue weighted by molar-refractivity contribution is 0.393. The molecule has 2 heterocycles. The average Bonchev–Trinajstić information content (AvgIpc) is 2.92. The lowest BCUT2D eigenvalue weighted by atomic mass is 10.1. The summed E-state index contributed by atoms with van der Waals surface area (Å²) in [7, 11) is 0. The molecule has 6 heteroatoms. The Hall–Kier alpha value is -2.76. The molecule has 3 N–H and O–H groups in total. The van der Waals surface area contributed by atoms with Gasteiger partial charge in [-0.1, -0.05) is 5.16 Å². The first-order valence-corrected chi connectivity index (χ1v) is 6.56. The minimum atomic E-state index is 0.203. The van der Waals surface area contributed by atoms with E-state index in [1.54, 1.807) is 28.9 Å². The maximum atomic E-state index is 9.43. The lowest BCUT2D eigenvalue weighted by Gasteiger charge is -2.08. The summed E-state index contributed by atoms with van der Waals surface area (Å²) in [6, 6.07) is 6.78. The molecule has 0 aliphatic carbocycles. The third-order valence-corrected chi connectivity index (χ3v) is 3.47. The Kier molecular flexibility index (Phi) is 2.94. The molecule has 0 aliphatic rings. The van der Waals surface area contributed by atoms with Gasteiger partial charge in [-0.05, 0) is 45.0 Å². The van der Waals surface area contributed by atoms with Crippen LogP contribution in [0.2, 0.25) is 0 Å². The first-order chi connectivity index (χ1) is 9.99. The summed E-state index contributed by atoms with van der Waals surface area (Å²) in [5.74, 6) is 0.897. The van der Waals surface area contributed by atoms with E-state index in [1.807, 2.05) is 20.8 Å². The van der Waals surface area contributed by atoms with Crippen molar-refractivity contribution in [1.29, 1.82) is 0 Å². The van der Waals surface area contributed by atoms with Crippen LogP contribution in [0.3, 0.4) is 0 Å². The second kappa shape index (κ2) is 4.66. The lowest BCUT2D eigenvalue weighted by Crippen LogP contribution is -2.01. The van der Waals surface area contributed by atoms with Crippen LogP contribution in [-0.4, -0.2) is 20.0 Å². The Bertz CT molecular complexity index is 780. The van der Waals surface area contributed by atoms with Gasteiger partial charge in [-0.2, -0.15) is 5.10 Å². The van der Waals surface area contributed by atoms with E-state index in [0.29, 0.717) is 11.4 Å². The molecule has 21 heavy (non-hydrogen) atoms. The van der Waals surface area contributed by atoms with E-state index in [2.05, 4.69) is 10.3 Å². The zero-order chi connectivity index (χ0) is 15.1. The standard InChI is InChI=1S/C15H16N4O2/c1-8-13(10(3)21-18-8)15-14(16)9(2)17-19(15)11-4-6-12(20)7-5-11/h4-7,20H,16H2,1-3H3. The number of benzene rings is 1. The number of hydrogen-bond donors (Lipinski definition) is 2. The number of rotatable bonds is 2. The second-order valence-electron chi connectivity index (χ2n) is 4.98. The molecule has 3 aromatic rings. The predicted molar refractivity (Wildman–Crippen MR) is 79.3 cm³/mol. The zero-order valence-corrected chi connectivity index (χ0v) is 12.1. The summed E-state index contributed by atoms with van der Waals surface area (Å²) < 4.78 is 6.98. The molecule has 0 bridgehead atoms. The van der Waals surface area contributed by atoms with Crippen LogP contribution in [0, 0.1) is 20.8 Å². The number of nitrogens with zero attached hydrogens (tertiary/aromatic N) is 3. The molecule has 2 aromatic heterocycles. The van der Waals surface area contributed by atoms with Gasteiger partial charge in [0.05, 0.1) is 28.3 Å². The monoisotopic (exact) mass is 284 g/mol. The van der Waals surface area contributed by atoms with Crippen molar-refractivity contribution in [3.05, 3.63) is 41.4 Å². The van der Waals surface area contributed by atoms with E-state index in [1.165, 1.54) is 0 Å². The van der Waals surface area contributed by atoms with Gasteiger partial charge in [0.2, 0.25) is 0 Å². The Balaban J connectivity index is 2.28. The minimum Gasteiger partial charge on any atom is -0.508 e. The third kappa shape index (κ3) is 2.05. The quantitative estimate of drug-likeness (QED) is 0.755. The van der Waals surface area contributed by atoms with Crippen molar-refractivity contribution in [3.8, 4) is 22.7 Å². The highest BCUT2D eigenvalue weighted by Crippen LogP contribution is 2.35. The Morgan fingerprint density at radius 1 is 1.10 bits per heavy atom. The van der Waals surface area contributed by atoms with Crippen LogP contribution in [0.5, 0.6) is 5.75 Å². The smallest absolute Gasteiger partial charge is 0.143 e. The summed E-state index contributed by atoms with van der Waals surface area (Å²) in [5.41, 5.74) is 10.7. The predicted octanol–water partition coefficient (Wildman–Crippen LogP) is 2.74. The van der Waals surface area contributed by atoms with Crippen LogP contribution in [0.4, 0.5) is 5.69 Å². The highest BCUT2D eigenvalue weighted by molar-refractivity contribution is 5.79. The summed E-state index contributed by atoms with van der Waals surface area (Å²) in [4.78, 5) is 0. The number of phenolic OH excluding ortho intramolecular Hbond substituents is 1. The summed E-state index contributed by atoms with van der Waals surface area (Å²) in [5, 5.41) is 17.9. The highest BCUT2D eigenvalue weighted by atomic mass is 16.5. The summed E-state index contributed by atoms with van der Waals surface area (Å²) in [6.45, 7) is 5.57. The van der Waals surface area contributed by atoms with Crippen LogP contribution in [-0.2, 0) is 0 Å². The minimum absolute atomic E-state index is 0.203. The van der Waals surface area contributed by atoms with Crippen LogP contribution in [0.1, 0.15) is 17.1 Å². The Morgan fingerprint density at radius 2 is 1.76 bits per heavy atom. The van der Waals surface area contributed by atoms with Crippen molar-refractivity contribution in [2.45, 2.75) is 20.8 Å². The third-order valence-electron chi connectivity index (χ3n) is 3.47. The number of hydrogen-bond acceptors (Lipinski definition) is 5. The first kappa shape index (κ1) is 13.2. The molecule has 1 aromatic carbocycles. The van der Waals surface area contributed by atoms with Crippen molar-refractivity contribution in [3.63, 3.8) is 0 Å². The van der Waals surface area contributed by atoms with E-state index in [0.717, 1.165) is 28.3 Å². The topological polar surface area (TPSA) is 90.1 Å². The molecule has 108 valence electrons. The van der Waals surface area contributed by atoms with Gasteiger partial charge in [-0.15, -0.1) is 0 Å². The second-order valence-corrected chi connectivity index (χ2v) is 4.98. The van der Waals surface area contributed by atoms with Crippen LogP contribution in [0.25, 0.3) is 16.9 Å². The molecule has 0 saturated carbocycles. The van der Waals surface area contributed by atoms with Crippen molar-refractivity contribution >= 4 is 5.69 Å². The van der Waals surface area contributed by atoms with Crippen LogP contribution in [0.15, 0.2) is 28.8 Å². The largest absolute Gasteiger partial charge is 0.508 e. The molecular weight excluding hydrogens is 268 g/mol. The maximum absolute atomic E-state index is 9.43. The molecule has 0 spiro atoms. The number of aromatic nitrogens is 3. The molecule has 0 saturated heterocycles. The first-order valence-electron chi connectivity index (χ1n) is 6.56. The number of aromatic hydroxyl groups is 1. The van der Waals surface area contributed by atoms with Gasteiger partial charge in [0.25, 0.3) is 0 Å². The number of aryl methyl sites for hydroxylation is 3. The summed E-state index contributed by atoms with van der Waals surface area (Å²) in [6.07, 6.45) is 0. The van der Waals surface area contributed by atoms with Crippen molar-refractivity contribution in [2.75, 3.05) is 5.73 Å². The zero-order valence-electron chi connectivity index (χ0n) is 12.1. The Labute approximate surface area is 121 Å². The molecule has 0 atom stereocenters. The van der Waals surface area contributed by atoms with Gasteiger partial charge in [0, 0.05) is 0 Å². The fourth-order valence-electron chi connectivity index (χ4n) is 2.38. The fourth-order valence-corrected chi connectivity index (χ4v) is 2.38. The van der Waals surface area contributed by atoms with Crippen LogP contribution >= 0.6 is 0 Å². The number of nitrogen functional groups attached to an aromatic ring is 1. The fraction of sp³-hybridized carbons (Fsp3) is 0.200. The molecule has 0 amide bonds. The van der Waals surface area contributed by atoms with Gasteiger partial charge >= 0.3 is 0 Å². The maximum Gasteiger partial charge on any atom is 0.143 e. The van der Waals surface area contributed by atoms with Crippen molar-refractivity contribution in [1.82, 2.24) is 14.9 Å². The van der Waals surface area contributed by atoms with E-state index >= 15 is 0 Å². The van der Waals surface area contributed by atoms with E-state index in [9.17, 15) is 5.11 Å². The van der Waals surface area contributed by atoms with Gasteiger partial charge < -0.3 is 15.4 Å². The molecule has 0 radical (unpaired) electrons. The van der Waals surface area contributed by atoms with Crippen LogP contribution < -0.4 is 5.73 Å². The van der Waals surface area contributed by atoms with Crippen molar-refractivity contribution in [2.24, 2.45) is 0 Å². The van der Waals surface area contributed by atoms with Gasteiger partial charge in [0.1, 0.15) is 17.2 Å². The Morgan fingerprint density at radius 3 is 2.33 bits per heavy atom. The SMILES string of the molecule is Cc1nn(-c2ccc(O)cc2)c(-c2c(C)noc2C)c1N.